The van der Waals surface area contributed by atoms with Gasteiger partial charge in [-0.25, -0.2) is 0 Å². The molecule has 1 aromatic heterocycles. The van der Waals surface area contributed by atoms with E-state index in [0.717, 1.165) is 0 Å². The van der Waals surface area contributed by atoms with Crippen molar-refractivity contribution in [2.45, 2.75) is 31.9 Å². The maximum Gasteiger partial charge on any atom is 0.243 e. The summed E-state index contributed by atoms with van der Waals surface area (Å²) in [6, 6.07) is -0.215. The maximum atomic E-state index is 5.62. The van der Waals surface area contributed by atoms with E-state index in [2.05, 4.69) is 10.1 Å². The van der Waals surface area contributed by atoms with Gasteiger partial charge in [-0.15, -0.1) is 0 Å². The van der Waals surface area contributed by atoms with E-state index >= 15 is 0 Å². The van der Waals surface area contributed by atoms with Crippen LogP contribution in [-0.4, -0.2) is 17.3 Å². The van der Waals surface area contributed by atoms with Crippen LogP contribution in [0.25, 0.3) is 0 Å². The smallest absolute Gasteiger partial charge is 0.243 e. The molecule has 2 N–H and O–H groups in total. The summed E-state index contributed by atoms with van der Waals surface area (Å²) in [5.74, 6) is 1.66. The first kappa shape index (κ1) is 9.61. The van der Waals surface area contributed by atoms with Gasteiger partial charge in [0.15, 0.2) is 0 Å². The number of nitrogens with zero attached hydrogens (tertiary/aromatic N) is 2. The molecule has 1 unspecified atom stereocenters. The van der Waals surface area contributed by atoms with E-state index in [1.807, 2.05) is 6.92 Å². The quantitative estimate of drug-likeness (QED) is 0.784. The van der Waals surface area contributed by atoms with Crippen molar-refractivity contribution in [3.63, 3.8) is 0 Å². The largest absolute Gasteiger partial charge is 0.373 e. The Bertz CT molecular complexity index is 307. The Morgan fingerprint density at radius 1 is 1.57 bits per heavy atom. The Balaban J connectivity index is 2.13. The van der Waals surface area contributed by atoms with Crippen LogP contribution < -0.4 is 5.73 Å². The third-order valence-corrected chi connectivity index (χ3v) is 2.41. The van der Waals surface area contributed by atoms with Gasteiger partial charge in [0.05, 0.1) is 6.04 Å². The number of rotatable bonds is 4. The lowest BCUT2D eigenvalue weighted by Gasteiger charge is -2.08. The summed E-state index contributed by atoms with van der Waals surface area (Å²) in [5.41, 5.74) is 5.62. The Kier molecular flexibility index (Phi) is 2.52. The van der Waals surface area contributed by atoms with Crippen molar-refractivity contribution in [2.75, 3.05) is 7.11 Å². The SMILES string of the molecule is COC(c1noc([C@H](C)N)n1)C1CC1. The standard InChI is InChI=1S/C9H15N3O2/c1-5(10)9-11-8(12-14-9)7(13-2)6-3-4-6/h5-7H,3-4,10H2,1-2H3/t5-,7?/m0/s1. The Hall–Kier alpha value is -0.940. The first-order valence-electron chi connectivity index (χ1n) is 4.84. The van der Waals surface area contributed by atoms with Gasteiger partial charge in [0.1, 0.15) is 6.10 Å². The number of hydrogen-bond donors (Lipinski definition) is 1. The van der Waals surface area contributed by atoms with Crippen LogP contribution in [0.1, 0.15) is 43.6 Å². The fourth-order valence-corrected chi connectivity index (χ4v) is 1.46. The van der Waals surface area contributed by atoms with Gasteiger partial charge in [0.2, 0.25) is 11.7 Å². The number of ether oxygens (including phenoxy) is 1. The van der Waals surface area contributed by atoms with Crippen molar-refractivity contribution in [2.24, 2.45) is 11.7 Å². The predicted octanol–water partition coefficient (Wildman–Crippen LogP) is 1.19. The van der Waals surface area contributed by atoms with E-state index in [1.54, 1.807) is 7.11 Å². The van der Waals surface area contributed by atoms with Crippen molar-refractivity contribution < 1.29 is 9.26 Å². The zero-order chi connectivity index (χ0) is 10.1. The summed E-state index contributed by atoms with van der Waals surface area (Å²) in [7, 11) is 1.67. The molecule has 0 radical (unpaired) electrons. The second kappa shape index (κ2) is 3.67. The number of aromatic nitrogens is 2. The van der Waals surface area contributed by atoms with Crippen molar-refractivity contribution in [1.82, 2.24) is 10.1 Å². The van der Waals surface area contributed by atoms with E-state index in [4.69, 9.17) is 15.0 Å². The summed E-state index contributed by atoms with van der Waals surface area (Å²) in [4.78, 5) is 4.21. The minimum atomic E-state index is -0.215. The molecular weight excluding hydrogens is 182 g/mol. The molecule has 0 amide bonds. The van der Waals surface area contributed by atoms with Crippen LogP contribution >= 0.6 is 0 Å². The lowest BCUT2D eigenvalue weighted by Crippen LogP contribution is -2.08. The van der Waals surface area contributed by atoms with Gasteiger partial charge in [-0.2, -0.15) is 4.98 Å². The molecule has 5 heteroatoms. The van der Waals surface area contributed by atoms with Crippen LogP contribution in [0.5, 0.6) is 0 Å². The van der Waals surface area contributed by atoms with Crippen LogP contribution in [0.2, 0.25) is 0 Å². The van der Waals surface area contributed by atoms with Crippen LogP contribution in [0.15, 0.2) is 4.52 Å². The molecule has 2 rings (SSSR count). The highest BCUT2D eigenvalue weighted by Crippen LogP contribution is 2.41. The van der Waals surface area contributed by atoms with E-state index in [0.29, 0.717) is 17.6 Å². The molecule has 0 saturated heterocycles. The highest BCUT2D eigenvalue weighted by Gasteiger charge is 2.35. The molecule has 0 aromatic carbocycles. The lowest BCUT2D eigenvalue weighted by atomic mass is 10.2. The third-order valence-electron chi connectivity index (χ3n) is 2.41. The number of nitrogens with two attached hydrogens (primary N) is 1. The molecule has 1 saturated carbocycles. The first-order chi connectivity index (χ1) is 6.72. The zero-order valence-corrected chi connectivity index (χ0v) is 8.43. The molecule has 1 aliphatic rings. The van der Waals surface area contributed by atoms with Gasteiger partial charge in [0.25, 0.3) is 0 Å². The van der Waals surface area contributed by atoms with Gasteiger partial charge in [-0.3, -0.25) is 0 Å². The van der Waals surface area contributed by atoms with E-state index in [9.17, 15) is 0 Å². The molecule has 5 nitrogen and oxygen atoms in total. The Morgan fingerprint density at radius 2 is 2.29 bits per heavy atom. The van der Waals surface area contributed by atoms with Crippen molar-refractivity contribution in [3.8, 4) is 0 Å². The monoisotopic (exact) mass is 197 g/mol. The summed E-state index contributed by atoms with van der Waals surface area (Å²) >= 11 is 0. The highest BCUT2D eigenvalue weighted by atomic mass is 16.5. The Labute approximate surface area is 82.6 Å². The highest BCUT2D eigenvalue weighted by molar-refractivity contribution is 4.99. The van der Waals surface area contributed by atoms with Crippen LogP contribution in [0, 0.1) is 5.92 Å². The number of methoxy groups -OCH3 is 1. The molecule has 14 heavy (non-hydrogen) atoms. The Morgan fingerprint density at radius 3 is 2.71 bits per heavy atom. The fourth-order valence-electron chi connectivity index (χ4n) is 1.46. The predicted molar refractivity (Wildman–Crippen MR) is 49.4 cm³/mol. The second-order valence-electron chi connectivity index (χ2n) is 3.77. The molecule has 78 valence electrons. The fraction of sp³-hybridized carbons (Fsp3) is 0.778. The van der Waals surface area contributed by atoms with Gasteiger partial charge >= 0.3 is 0 Å². The number of hydrogen-bond acceptors (Lipinski definition) is 5. The van der Waals surface area contributed by atoms with E-state index < -0.39 is 0 Å². The second-order valence-corrected chi connectivity index (χ2v) is 3.77. The van der Waals surface area contributed by atoms with Gasteiger partial charge in [-0.05, 0) is 25.7 Å². The normalized spacial score (nSPS) is 20.8. The first-order valence-corrected chi connectivity index (χ1v) is 4.84. The van der Waals surface area contributed by atoms with Gasteiger partial charge in [0, 0.05) is 7.11 Å². The molecule has 0 bridgehead atoms. The average Bonchev–Trinajstić information content (AvgIpc) is 2.84. The topological polar surface area (TPSA) is 74.2 Å². The molecule has 0 aliphatic heterocycles. The van der Waals surface area contributed by atoms with Crippen molar-refractivity contribution >= 4 is 0 Å². The molecule has 1 aliphatic carbocycles. The van der Waals surface area contributed by atoms with Gasteiger partial charge in [-0.1, -0.05) is 5.16 Å². The zero-order valence-electron chi connectivity index (χ0n) is 8.43. The lowest BCUT2D eigenvalue weighted by molar-refractivity contribution is 0.0751. The average molecular weight is 197 g/mol. The molecular formula is C9H15N3O2. The van der Waals surface area contributed by atoms with Crippen molar-refractivity contribution in [3.05, 3.63) is 11.7 Å². The van der Waals surface area contributed by atoms with E-state index in [1.165, 1.54) is 12.8 Å². The minimum Gasteiger partial charge on any atom is -0.373 e. The summed E-state index contributed by atoms with van der Waals surface area (Å²) in [6.07, 6.45) is 2.34. The van der Waals surface area contributed by atoms with Crippen LogP contribution in [-0.2, 0) is 4.74 Å². The van der Waals surface area contributed by atoms with Crippen LogP contribution in [0.4, 0.5) is 0 Å². The molecule has 2 atom stereocenters. The van der Waals surface area contributed by atoms with Crippen LogP contribution in [0.3, 0.4) is 0 Å². The summed E-state index contributed by atoms with van der Waals surface area (Å²) in [5, 5.41) is 3.88. The third kappa shape index (κ3) is 1.78. The summed E-state index contributed by atoms with van der Waals surface area (Å²) < 4.78 is 10.3. The molecule has 1 heterocycles. The van der Waals surface area contributed by atoms with Gasteiger partial charge < -0.3 is 15.0 Å². The molecule has 1 fully saturated rings. The summed E-state index contributed by atoms with van der Waals surface area (Å²) in [6.45, 7) is 1.82. The van der Waals surface area contributed by atoms with Crippen molar-refractivity contribution in [1.29, 1.82) is 0 Å². The van der Waals surface area contributed by atoms with E-state index in [-0.39, 0.29) is 12.1 Å². The minimum absolute atomic E-state index is 0.0220. The maximum absolute atomic E-state index is 5.62. The molecule has 1 aromatic rings. The molecule has 0 spiro atoms.